The highest BCUT2D eigenvalue weighted by atomic mass is 19.1. The molecule has 1 heterocycles. The number of hydrogen-bond acceptors (Lipinski definition) is 6. The summed E-state index contributed by atoms with van der Waals surface area (Å²) in [5.74, 6) is 1.35. The number of nitrogens with one attached hydrogen (secondary N) is 2. The Kier molecular flexibility index (Phi) is 6.45. The Hall–Kier alpha value is -4.46. The molecule has 4 rings (SSSR count). The Labute approximate surface area is 190 Å². The standard InChI is InChI=1S/C25H21FN4O3/c1-32-21-10-9-20(15-22(21)33-2)29-25(31)17-6-4-8-19(14-17)28-23-11-12-27-24(30-23)16-5-3-7-18(26)13-16/h3-15H,1-2H3,(H,29,31)(H,27,28,30). The SMILES string of the molecule is COc1ccc(NC(=O)c2cccc(Nc3ccnc(-c4cccc(F)c4)n3)c2)cc1OC. The summed E-state index contributed by atoms with van der Waals surface area (Å²) in [6.45, 7) is 0. The normalized spacial score (nSPS) is 10.4. The quantitative estimate of drug-likeness (QED) is 0.403. The van der Waals surface area contributed by atoms with Crippen molar-refractivity contribution in [3.8, 4) is 22.9 Å². The van der Waals surface area contributed by atoms with E-state index >= 15 is 0 Å². The van der Waals surface area contributed by atoms with Gasteiger partial charge in [0.2, 0.25) is 0 Å². The second-order valence-electron chi connectivity index (χ2n) is 7.01. The molecule has 0 saturated carbocycles. The molecule has 0 fully saturated rings. The van der Waals surface area contributed by atoms with Crippen LogP contribution in [0.15, 0.2) is 79.0 Å². The maximum Gasteiger partial charge on any atom is 0.255 e. The number of amides is 1. The van der Waals surface area contributed by atoms with Crippen molar-refractivity contribution in [2.45, 2.75) is 0 Å². The molecule has 3 aromatic carbocycles. The summed E-state index contributed by atoms with van der Waals surface area (Å²) in [7, 11) is 3.08. The van der Waals surface area contributed by atoms with Gasteiger partial charge in [0.05, 0.1) is 14.2 Å². The fourth-order valence-electron chi connectivity index (χ4n) is 3.20. The van der Waals surface area contributed by atoms with Gasteiger partial charge in [-0.25, -0.2) is 14.4 Å². The van der Waals surface area contributed by atoms with Gasteiger partial charge in [-0.15, -0.1) is 0 Å². The molecule has 1 aromatic heterocycles. The monoisotopic (exact) mass is 444 g/mol. The Morgan fingerprint density at radius 2 is 1.70 bits per heavy atom. The van der Waals surface area contributed by atoms with E-state index in [1.807, 2.05) is 6.07 Å². The van der Waals surface area contributed by atoms with Crippen LogP contribution in [0.4, 0.5) is 21.6 Å². The molecule has 166 valence electrons. The van der Waals surface area contributed by atoms with Crippen molar-refractivity contribution >= 4 is 23.1 Å². The number of nitrogens with zero attached hydrogens (tertiary/aromatic N) is 2. The van der Waals surface area contributed by atoms with E-state index < -0.39 is 0 Å². The molecule has 0 saturated heterocycles. The number of carbonyl (C=O) groups is 1. The second-order valence-corrected chi connectivity index (χ2v) is 7.01. The van der Waals surface area contributed by atoms with Crippen molar-refractivity contribution in [1.82, 2.24) is 9.97 Å². The van der Waals surface area contributed by atoms with E-state index in [-0.39, 0.29) is 11.7 Å². The summed E-state index contributed by atoms with van der Waals surface area (Å²) in [5.41, 5.74) is 2.27. The fraction of sp³-hybridized carbons (Fsp3) is 0.0800. The molecule has 0 aliphatic carbocycles. The van der Waals surface area contributed by atoms with Gasteiger partial charge in [0.15, 0.2) is 17.3 Å². The van der Waals surface area contributed by atoms with Crippen molar-refractivity contribution in [1.29, 1.82) is 0 Å². The zero-order chi connectivity index (χ0) is 23.2. The molecule has 4 aromatic rings. The molecule has 0 aliphatic heterocycles. The van der Waals surface area contributed by atoms with Crippen LogP contribution >= 0.6 is 0 Å². The lowest BCUT2D eigenvalue weighted by atomic mass is 10.1. The Morgan fingerprint density at radius 1 is 0.879 bits per heavy atom. The van der Waals surface area contributed by atoms with Crippen LogP contribution in [-0.2, 0) is 0 Å². The molecule has 0 spiro atoms. The fourth-order valence-corrected chi connectivity index (χ4v) is 3.20. The summed E-state index contributed by atoms with van der Waals surface area (Å²) >= 11 is 0. The predicted octanol–water partition coefficient (Wildman–Crippen LogP) is 5.30. The molecule has 0 aliphatic rings. The van der Waals surface area contributed by atoms with Crippen LogP contribution in [0, 0.1) is 5.82 Å². The topological polar surface area (TPSA) is 85.4 Å². The van der Waals surface area contributed by atoms with Gasteiger partial charge in [-0.3, -0.25) is 4.79 Å². The zero-order valence-corrected chi connectivity index (χ0v) is 18.0. The van der Waals surface area contributed by atoms with Gasteiger partial charge >= 0.3 is 0 Å². The lowest BCUT2D eigenvalue weighted by Gasteiger charge is -2.11. The maximum atomic E-state index is 13.5. The maximum absolute atomic E-state index is 13.5. The number of anilines is 3. The Bertz CT molecular complexity index is 1300. The van der Waals surface area contributed by atoms with Crippen LogP contribution in [0.2, 0.25) is 0 Å². The average molecular weight is 444 g/mol. The highest BCUT2D eigenvalue weighted by Gasteiger charge is 2.11. The van der Waals surface area contributed by atoms with E-state index in [4.69, 9.17) is 9.47 Å². The van der Waals surface area contributed by atoms with Crippen LogP contribution < -0.4 is 20.1 Å². The Balaban J connectivity index is 1.50. The minimum Gasteiger partial charge on any atom is -0.493 e. The first-order valence-electron chi connectivity index (χ1n) is 10.0. The van der Waals surface area contributed by atoms with Gasteiger partial charge in [0, 0.05) is 34.8 Å². The second kappa shape index (κ2) is 9.78. The molecule has 8 heteroatoms. The highest BCUT2D eigenvalue weighted by Crippen LogP contribution is 2.30. The number of rotatable bonds is 7. The number of benzene rings is 3. The molecule has 0 unspecified atom stereocenters. The highest BCUT2D eigenvalue weighted by molar-refractivity contribution is 6.05. The molecule has 0 radical (unpaired) electrons. The molecule has 0 bridgehead atoms. The lowest BCUT2D eigenvalue weighted by Crippen LogP contribution is -2.12. The Morgan fingerprint density at radius 3 is 2.48 bits per heavy atom. The van der Waals surface area contributed by atoms with E-state index in [0.29, 0.717) is 45.6 Å². The third kappa shape index (κ3) is 5.24. The zero-order valence-electron chi connectivity index (χ0n) is 18.0. The van der Waals surface area contributed by atoms with Gasteiger partial charge in [0.1, 0.15) is 11.6 Å². The van der Waals surface area contributed by atoms with Crippen molar-refractivity contribution < 1.29 is 18.7 Å². The van der Waals surface area contributed by atoms with Crippen LogP contribution in [-0.4, -0.2) is 30.1 Å². The number of aromatic nitrogens is 2. The number of carbonyl (C=O) groups excluding carboxylic acids is 1. The van der Waals surface area contributed by atoms with Gasteiger partial charge < -0.3 is 20.1 Å². The van der Waals surface area contributed by atoms with Crippen molar-refractivity contribution in [2.24, 2.45) is 0 Å². The molecule has 0 atom stereocenters. The van der Waals surface area contributed by atoms with E-state index in [9.17, 15) is 9.18 Å². The molecule has 33 heavy (non-hydrogen) atoms. The average Bonchev–Trinajstić information content (AvgIpc) is 2.84. The first-order chi connectivity index (χ1) is 16.1. The molecular formula is C25H21FN4O3. The summed E-state index contributed by atoms with van der Waals surface area (Å²) in [5, 5.41) is 6.01. The van der Waals surface area contributed by atoms with Crippen LogP contribution in [0.25, 0.3) is 11.4 Å². The van der Waals surface area contributed by atoms with E-state index in [2.05, 4.69) is 20.6 Å². The lowest BCUT2D eigenvalue weighted by molar-refractivity contribution is 0.102. The smallest absolute Gasteiger partial charge is 0.255 e. The first-order valence-corrected chi connectivity index (χ1v) is 10.0. The minimum absolute atomic E-state index is 0.283. The molecule has 2 N–H and O–H groups in total. The largest absolute Gasteiger partial charge is 0.493 e. The number of halogens is 1. The third-order valence-corrected chi connectivity index (χ3v) is 4.78. The van der Waals surface area contributed by atoms with Gasteiger partial charge in [0.25, 0.3) is 5.91 Å². The van der Waals surface area contributed by atoms with Crippen LogP contribution in [0.3, 0.4) is 0 Å². The number of methoxy groups -OCH3 is 2. The van der Waals surface area contributed by atoms with E-state index in [0.717, 1.165) is 0 Å². The molecule has 1 amide bonds. The van der Waals surface area contributed by atoms with Crippen LogP contribution in [0.5, 0.6) is 11.5 Å². The molecule has 7 nitrogen and oxygen atoms in total. The van der Waals surface area contributed by atoms with Gasteiger partial charge in [-0.2, -0.15) is 0 Å². The van der Waals surface area contributed by atoms with Crippen LogP contribution in [0.1, 0.15) is 10.4 Å². The minimum atomic E-state index is -0.359. The summed E-state index contributed by atoms with van der Waals surface area (Å²) in [6.07, 6.45) is 1.59. The van der Waals surface area contributed by atoms with E-state index in [1.165, 1.54) is 19.2 Å². The predicted molar refractivity (Wildman–Crippen MR) is 125 cm³/mol. The van der Waals surface area contributed by atoms with Crippen molar-refractivity contribution in [3.05, 3.63) is 90.4 Å². The summed E-state index contributed by atoms with van der Waals surface area (Å²) in [4.78, 5) is 21.4. The summed E-state index contributed by atoms with van der Waals surface area (Å²) < 4.78 is 24.0. The van der Waals surface area contributed by atoms with Crippen molar-refractivity contribution in [2.75, 3.05) is 24.9 Å². The first kappa shape index (κ1) is 21.8. The van der Waals surface area contributed by atoms with E-state index in [1.54, 1.807) is 67.9 Å². The van der Waals surface area contributed by atoms with Gasteiger partial charge in [-0.05, 0) is 48.5 Å². The van der Waals surface area contributed by atoms with Gasteiger partial charge in [-0.1, -0.05) is 18.2 Å². The number of hydrogen-bond donors (Lipinski definition) is 2. The van der Waals surface area contributed by atoms with Crippen molar-refractivity contribution in [3.63, 3.8) is 0 Å². The number of ether oxygens (including phenoxy) is 2. The molecular weight excluding hydrogens is 423 g/mol. The third-order valence-electron chi connectivity index (χ3n) is 4.78. The summed E-state index contributed by atoms with van der Waals surface area (Å²) in [6, 6.07) is 19.9.